The Hall–Kier alpha value is -1.34. The van der Waals surface area contributed by atoms with Crippen molar-refractivity contribution < 1.29 is 9.53 Å². The van der Waals surface area contributed by atoms with Crippen molar-refractivity contribution in [3.8, 4) is 0 Å². The Kier molecular flexibility index (Phi) is 4.40. The number of anilines is 1. The third kappa shape index (κ3) is 2.39. The zero-order valence-electron chi connectivity index (χ0n) is 14.6. The van der Waals surface area contributed by atoms with Crippen LogP contribution in [-0.4, -0.2) is 43.3 Å². The van der Waals surface area contributed by atoms with Gasteiger partial charge in [0.1, 0.15) is 0 Å². The molecule has 0 radical (unpaired) electrons. The molecule has 4 rings (SSSR count). The monoisotopic (exact) mass is 450 g/mol. The quantitative estimate of drug-likeness (QED) is 0.499. The molecular formula is C20H23IN2O2. The Morgan fingerprint density at radius 1 is 1.44 bits per heavy atom. The predicted octanol–water partition coefficient (Wildman–Crippen LogP) is 4.25. The summed E-state index contributed by atoms with van der Waals surface area (Å²) >= 11 is 2.43. The topological polar surface area (TPSA) is 32.8 Å². The van der Waals surface area contributed by atoms with Crippen molar-refractivity contribution in [2.45, 2.75) is 37.3 Å². The zero-order valence-corrected chi connectivity index (χ0v) is 16.8. The van der Waals surface area contributed by atoms with E-state index >= 15 is 0 Å². The Morgan fingerprint density at radius 2 is 2.24 bits per heavy atom. The molecule has 3 aliphatic rings. The fourth-order valence-corrected chi connectivity index (χ4v) is 5.43. The Bertz CT molecular complexity index is 760. The van der Waals surface area contributed by atoms with E-state index in [0.717, 1.165) is 31.6 Å². The highest BCUT2D eigenvalue weighted by Gasteiger charge is 2.61. The zero-order chi connectivity index (χ0) is 17.6. The minimum atomic E-state index is -0.263. The average Bonchev–Trinajstić information content (AvgIpc) is 3.16. The van der Waals surface area contributed by atoms with Gasteiger partial charge >= 0.3 is 6.09 Å². The van der Waals surface area contributed by atoms with Crippen molar-refractivity contribution >= 4 is 34.4 Å². The molecule has 1 aromatic carbocycles. The lowest BCUT2D eigenvalue weighted by atomic mass is 9.67. The molecule has 2 aliphatic heterocycles. The summed E-state index contributed by atoms with van der Waals surface area (Å²) in [5, 5.41) is 0. The first-order chi connectivity index (χ1) is 12.1. The summed E-state index contributed by atoms with van der Waals surface area (Å²) in [6, 6.07) is 8.84. The van der Waals surface area contributed by atoms with Gasteiger partial charge in [0.25, 0.3) is 0 Å². The highest BCUT2D eigenvalue weighted by Crippen LogP contribution is 2.56. The van der Waals surface area contributed by atoms with Gasteiger partial charge in [-0.25, -0.2) is 4.79 Å². The van der Waals surface area contributed by atoms with E-state index < -0.39 is 0 Å². The van der Waals surface area contributed by atoms with Gasteiger partial charge in [-0.15, -0.1) is 0 Å². The van der Waals surface area contributed by atoms with Crippen molar-refractivity contribution in [2.24, 2.45) is 0 Å². The van der Waals surface area contributed by atoms with E-state index in [1.54, 1.807) is 0 Å². The second kappa shape index (κ2) is 6.43. The fourth-order valence-electron chi connectivity index (χ4n) is 4.99. The van der Waals surface area contributed by atoms with Gasteiger partial charge in [-0.05, 0) is 60.5 Å². The van der Waals surface area contributed by atoms with Crippen molar-refractivity contribution in [2.75, 3.05) is 25.1 Å². The molecule has 0 saturated carbocycles. The number of carbonyl (C=O) groups excluding carboxylic acids is 1. The van der Waals surface area contributed by atoms with Crippen molar-refractivity contribution in [3.63, 3.8) is 0 Å². The van der Waals surface area contributed by atoms with E-state index in [2.05, 4.69) is 70.8 Å². The molecule has 1 saturated heterocycles. The van der Waals surface area contributed by atoms with Gasteiger partial charge in [-0.1, -0.05) is 36.4 Å². The molecule has 5 heteroatoms. The minimum absolute atomic E-state index is 0.0236. The number of nitrogens with zero attached hydrogens (tertiary/aromatic N) is 2. The molecule has 3 atom stereocenters. The van der Waals surface area contributed by atoms with Crippen LogP contribution in [0.25, 0.3) is 0 Å². The molecule has 1 aromatic rings. The lowest BCUT2D eigenvalue weighted by molar-refractivity contribution is 0.169. The second-order valence-electron chi connectivity index (χ2n) is 6.98. The molecule has 0 aromatic heterocycles. The molecule has 0 N–H and O–H groups in total. The smallest absolute Gasteiger partial charge is 0.414 e. The van der Waals surface area contributed by atoms with Crippen LogP contribution in [0, 0.1) is 0 Å². The third-order valence-corrected chi connectivity index (χ3v) is 7.00. The summed E-state index contributed by atoms with van der Waals surface area (Å²) in [4.78, 5) is 17.0. The van der Waals surface area contributed by atoms with Crippen LogP contribution in [0.2, 0.25) is 0 Å². The molecule has 132 valence electrons. The number of carbonyl (C=O) groups is 1. The Labute approximate surface area is 162 Å². The highest BCUT2D eigenvalue weighted by atomic mass is 127. The highest BCUT2D eigenvalue weighted by molar-refractivity contribution is 14.1. The summed E-state index contributed by atoms with van der Waals surface area (Å²) in [7, 11) is 1.47. The lowest BCUT2D eigenvalue weighted by Crippen LogP contribution is -2.54. The number of rotatable bonds is 2. The first-order valence-electron chi connectivity index (χ1n) is 8.81. The van der Waals surface area contributed by atoms with Crippen LogP contribution in [0.5, 0.6) is 0 Å². The summed E-state index contributed by atoms with van der Waals surface area (Å²) in [6.45, 7) is 4.15. The van der Waals surface area contributed by atoms with Crippen LogP contribution in [-0.2, 0) is 10.2 Å². The van der Waals surface area contributed by atoms with E-state index in [9.17, 15) is 4.79 Å². The van der Waals surface area contributed by atoms with Crippen molar-refractivity contribution in [3.05, 3.63) is 51.6 Å². The summed E-state index contributed by atoms with van der Waals surface area (Å²) in [6.07, 6.45) is 8.50. The van der Waals surface area contributed by atoms with E-state index in [1.807, 2.05) is 11.0 Å². The minimum Gasteiger partial charge on any atom is -0.452 e. The van der Waals surface area contributed by atoms with Crippen LogP contribution in [0.4, 0.5) is 10.5 Å². The number of fused-ring (bicyclic) bond motifs is 1. The van der Waals surface area contributed by atoms with Gasteiger partial charge in [0.05, 0.1) is 18.8 Å². The molecule has 25 heavy (non-hydrogen) atoms. The number of hydrogen-bond donors (Lipinski definition) is 0. The first-order valence-corrected chi connectivity index (χ1v) is 9.89. The number of ether oxygens (including phenoxy) is 1. The van der Waals surface area contributed by atoms with Crippen LogP contribution in [0.3, 0.4) is 0 Å². The van der Waals surface area contributed by atoms with Crippen LogP contribution in [0.1, 0.15) is 25.3 Å². The summed E-state index contributed by atoms with van der Waals surface area (Å²) in [5.41, 5.74) is 2.29. The van der Waals surface area contributed by atoms with Gasteiger partial charge in [-0.2, -0.15) is 0 Å². The summed E-state index contributed by atoms with van der Waals surface area (Å²) in [5.74, 6) is 0. The molecule has 4 nitrogen and oxygen atoms in total. The molecule has 0 bridgehead atoms. The van der Waals surface area contributed by atoms with Crippen molar-refractivity contribution in [1.29, 1.82) is 0 Å². The number of hydrogen-bond acceptors (Lipinski definition) is 3. The maximum Gasteiger partial charge on any atom is 0.414 e. The van der Waals surface area contributed by atoms with Crippen LogP contribution >= 0.6 is 22.6 Å². The molecule has 1 fully saturated rings. The van der Waals surface area contributed by atoms with Gasteiger partial charge in [0, 0.05) is 21.6 Å². The van der Waals surface area contributed by atoms with Gasteiger partial charge in [0.2, 0.25) is 0 Å². The predicted molar refractivity (Wildman–Crippen MR) is 108 cm³/mol. The van der Waals surface area contributed by atoms with Gasteiger partial charge in [0.15, 0.2) is 0 Å². The number of para-hydroxylation sites is 1. The maximum absolute atomic E-state index is 12.6. The number of amides is 1. The number of likely N-dealkylation sites (tertiary alicyclic amines) is 1. The number of halogens is 1. The standard InChI is InChI=1S/C20H23IN2O2/c1-3-14(21)13-22-12-11-20-15-7-4-5-8-16(15)23(19(24)25-2)18(20)10-6-9-17(20)22/h3-8,10,17-18H,9,11-13H2,1-2H3/b14-3-/t17-,18-,20?/m0/s1. The van der Waals surface area contributed by atoms with E-state index in [4.69, 9.17) is 4.74 Å². The first kappa shape index (κ1) is 17.1. The Morgan fingerprint density at radius 3 is 3.00 bits per heavy atom. The van der Waals surface area contributed by atoms with Gasteiger partial charge < -0.3 is 4.74 Å². The van der Waals surface area contributed by atoms with E-state index in [0.29, 0.717) is 6.04 Å². The molecular weight excluding hydrogens is 427 g/mol. The number of methoxy groups -OCH3 is 1. The van der Waals surface area contributed by atoms with Gasteiger partial charge in [-0.3, -0.25) is 9.80 Å². The molecule has 1 amide bonds. The SMILES string of the molecule is C/C=C(\I)CN1CCC23c4ccccc4N(C(=O)OC)[C@H]2C=CC[C@H]13. The number of allylic oxidation sites excluding steroid dienone is 1. The van der Waals surface area contributed by atoms with Crippen LogP contribution < -0.4 is 4.90 Å². The Balaban J connectivity index is 1.82. The molecule has 1 aliphatic carbocycles. The number of benzene rings is 1. The average molecular weight is 450 g/mol. The molecule has 2 heterocycles. The largest absolute Gasteiger partial charge is 0.452 e. The maximum atomic E-state index is 12.6. The summed E-state index contributed by atoms with van der Waals surface area (Å²) < 4.78 is 6.50. The fraction of sp³-hybridized carbons (Fsp3) is 0.450. The van der Waals surface area contributed by atoms with Crippen LogP contribution in [0.15, 0.2) is 46.1 Å². The third-order valence-electron chi connectivity index (χ3n) is 6.04. The van der Waals surface area contributed by atoms with E-state index in [-0.39, 0.29) is 17.6 Å². The molecule has 1 spiro atoms. The van der Waals surface area contributed by atoms with Crippen molar-refractivity contribution in [1.82, 2.24) is 4.90 Å². The van der Waals surface area contributed by atoms with E-state index in [1.165, 1.54) is 16.3 Å². The second-order valence-corrected chi connectivity index (χ2v) is 8.36. The lowest BCUT2D eigenvalue weighted by Gasteiger charge is -2.42. The molecule has 1 unspecified atom stereocenters. The normalized spacial score (nSPS) is 30.8.